The highest BCUT2D eigenvalue weighted by molar-refractivity contribution is 5.99. The molecule has 2 aromatic carbocycles. The molecule has 2 amide bonds. The van der Waals surface area contributed by atoms with Crippen molar-refractivity contribution in [3.05, 3.63) is 47.5 Å². The summed E-state index contributed by atoms with van der Waals surface area (Å²) in [6, 6.07) is 11.1. The summed E-state index contributed by atoms with van der Waals surface area (Å²) in [4.78, 5) is 24.3. The van der Waals surface area contributed by atoms with Gasteiger partial charge in [-0.05, 0) is 74.6 Å². The molecule has 0 unspecified atom stereocenters. The van der Waals surface area contributed by atoms with Crippen molar-refractivity contribution >= 4 is 28.9 Å². The maximum Gasteiger partial charge on any atom is 0.265 e. The molecule has 2 aromatic rings. The lowest BCUT2D eigenvalue weighted by Gasteiger charge is -2.24. The van der Waals surface area contributed by atoms with Crippen LogP contribution in [-0.2, 0) is 22.4 Å². The molecule has 2 aliphatic rings. The first kappa shape index (κ1) is 17.4. The third kappa shape index (κ3) is 3.60. The summed E-state index contributed by atoms with van der Waals surface area (Å²) in [7, 11) is 0. The van der Waals surface area contributed by atoms with Gasteiger partial charge in [-0.1, -0.05) is 6.07 Å². The molecule has 0 aromatic heterocycles. The molecule has 0 bridgehead atoms. The minimum Gasteiger partial charge on any atom is -0.479 e. The highest BCUT2D eigenvalue weighted by atomic mass is 16.5. The number of hydrogen-bond acceptors (Lipinski definition) is 4. The lowest BCUT2D eigenvalue weighted by molar-refractivity contribution is -0.122. The average molecular weight is 365 g/mol. The fourth-order valence-corrected chi connectivity index (χ4v) is 3.51. The molecule has 0 saturated heterocycles. The quantitative estimate of drug-likeness (QED) is 0.776. The summed E-state index contributed by atoms with van der Waals surface area (Å²) in [6.45, 7) is 3.51. The van der Waals surface area contributed by atoms with Gasteiger partial charge in [-0.15, -0.1) is 0 Å². The second-order valence-electron chi connectivity index (χ2n) is 7.15. The molecule has 0 radical (unpaired) electrons. The van der Waals surface area contributed by atoms with E-state index in [0.29, 0.717) is 11.4 Å². The number of nitrogens with one attached hydrogen (secondary N) is 3. The van der Waals surface area contributed by atoms with Crippen LogP contribution in [0.1, 0.15) is 31.4 Å². The first-order valence-corrected chi connectivity index (χ1v) is 9.30. The third-order valence-electron chi connectivity index (χ3n) is 5.05. The molecular formula is C21H23N3O3. The van der Waals surface area contributed by atoms with E-state index in [-0.39, 0.29) is 11.8 Å². The maximum atomic E-state index is 12.5. The molecule has 6 nitrogen and oxygen atoms in total. The minimum atomic E-state index is -0.506. The van der Waals surface area contributed by atoms with Crippen LogP contribution in [0.4, 0.5) is 17.1 Å². The molecule has 0 saturated carbocycles. The summed E-state index contributed by atoms with van der Waals surface area (Å²) in [6.07, 6.45) is 2.88. The molecule has 1 heterocycles. The van der Waals surface area contributed by atoms with Crippen LogP contribution in [0.15, 0.2) is 36.4 Å². The second kappa shape index (κ2) is 6.95. The Labute approximate surface area is 158 Å². The van der Waals surface area contributed by atoms with Crippen molar-refractivity contribution in [2.24, 2.45) is 0 Å². The van der Waals surface area contributed by atoms with Crippen molar-refractivity contribution in [2.45, 2.75) is 45.3 Å². The molecule has 0 fully saturated rings. The summed E-state index contributed by atoms with van der Waals surface area (Å²) < 4.78 is 5.55. The van der Waals surface area contributed by atoms with Gasteiger partial charge in [0.25, 0.3) is 5.91 Å². The summed E-state index contributed by atoms with van der Waals surface area (Å²) in [5.74, 6) is 0.338. The molecule has 6 heteroatoms. The van der Waals surface area contributed by atoms with Gasteiger partial charge in [0.1, 0.15) is 11.8 Å². The van der Waals surface area contributed by atoms with Crippen LogP contribution in [0, 0.1) is 0 Å². The number of amides is 2. The van der Waals surface area contributed by atoms with Crippen LogP contribution < -0.4 is 20.7 Å². The van der Waals surface area contributed by atoms with E-state index < -0.39 is 12.1 Å². The standard InChI is InChI=1S/C21H23N3O3/c1-12(20(25)23-16-7-6-14-4-3-5-15(14)10-16)22-17-8-9-19-18(11-17)24-21(26)13(2)27-19/h6-13,22H,3-5H2,1-2H3,(H,23,25)(H,24,26)/t12-,13-/m0/s1. The Morgan fingerprint density at radius 3 is 2.78 bits per heavy atom. The first-order chi connectivity index (χ1) is 13.0. The zero-order chi connectivity index (χ0) is 19.0. The second-order valence-corrected chi connectivity index (χ2v) is 7.15. The molecule has 0 spiro atoms. The van der Waals surface area contributed by atoms with Crippen molar-refractivity contribution < 1.29 is 14.3 Å². The summed E-state index contributed by atoms with van der Waals surface area (Å²) in [5.41, 5.74) is 4.88. The number of benzene rings is 2. The van der Waals surface area contributed by atoms with E-state index in [1.165, 1.54) is 17.5 Å². The Morgan fingerprint density at radius 1 is 1.15 bits per heavy atom. The molecule has 2 atom stereocenters. The molecule has 1 aliphatic heterocycles. The van der Waals surface area contributed by atoms with Crippen molar-refractivity contribution in [3.8, 4) is 5.75 Å². The number of aryl methyl sites for hydroxylation is 2. The molecular weight excluding hydrogens is 342 g/mol. The SMILES string of the molecule is C[C@H](Nc1ccc2c(c1)NC(=O)[C@H](C)O2)C(=O)Nc1ccc2c(c1)CCC2. The molecule has 1 aliphatic carbocycles. The van der Waals surface area contributed by atoms with Crippen molar-refractivity contribution in [2.75, 3.05) is 16.0 Å². The Morgan fingerprint density at radius 2 is 1.93 bits per heavy atom. The Balaban J connectivity index is 1.41. The summed E-state index contributed by atoms with van der Waals surface area (Å²) in [5, 5.41) is 8.95. The zero-order valence-electron chi connectivity index (χ0n) is 15.5. The Kier molecular flexibility index (Phi) is 4.48. The van der Waals surface area contributed by atoms with Crippen LogP contribution >= 0.6 is 0 Å². The largest absolute Gasteiger partial charge is 0.479 e. The number of carbonyl (C=O) groups excluding carboxylic acids is 2. The lowest BCUT2D eigenvalue weighted by atomic mass is 10.1. The van der Waals surface area contributed by atoms with Crippen molar-refractivity contribution in [1.82, 2.24) is 0 Å². The highest BCUT2D eigenvalue weighted by Crippen LogP contribution is 2.32. The highest BCUT2D eigenvalue weighted by Gasteiger charge is 2.24. The van der Waals surface area contributed by atoms with Gasteiger partial charge in [0, 0.05) is 11.4 Å². The van der Waals surface area contributed by atoms with E-state index in [1.54, 1.807) is 26.0 Å². The van der Waals surface area contributed by atoms with Gasteiger partial charge < -0.3 is 20.7 Å². The van der Waals surface area contributed by atoms with E-state index in [2.05, 4.69) is 28.1 Å². The van der Waals surface area contributed by atoms with Crippen molar-refractivity contribution in [1.29, 1.82) is 0 Å². The predicted molar refractivity (Wildman–Crippen MR) is 105 cm³/mol. The fourth-order valence-electron chi connectivity index (χ4n) is 3.51. The third-order valence-corrected chi connectivity index (χ3v) is 5.05. The summed E-state index contributed by atoms with van der Waals surface area (Å²) >= 11 is 0. The lowest BCUT2D eigenvalue weighted by Crippen LogP contribution is -2.34. The average Bonchev–Trinajstić information content (AvgIpc) is 3.10. The van der Waals surface area contributed by atoms with Crippen LogP contribution in [0.5, 0.6) is 5.75 Å². The maximum absolute atomic E-state index is 12.5. The Hall–Kier alpha value is -3.02. The molecule has 27 heavy (non-hydrogen) atoms. The van der Waals surface area contributed by atoms with Gasteiger partial charge in [-0.25, -0.2) is 0 Å². The number of anilines is 3. The molecule has 140 valence electrons. The zero-order valence-corrected chi connectivity index (χ0v) is 15.5. The number of ether oxygens (including phenoxy) is 1. The van der Waals surface area contributed by atoms with Crippen molar-refractivity contribution in [3.63, 3.8) is 0 Å². The number of carbonyl (C=O) groups is 2. The number of rotatable bonds is 4. The van der Waals surface area contributed by atoms with E-state index in [1.807, 2.05) is 12.1 Å². The number of fused-ring (bicyclic) bond motifs is 2. The van der Waals surface area contributed by atoms with E-state index in [9.17, 15) is 9.59 Å². The smallest absolute Gasteiger partial charge is 0.265 e. The minimum absolute atomic E-state index is 0.112. The van der Waals surface area contributed by atoms with Gasteiger partial charge in [-0.3, -0.25) is 9.59 Å². The molecule has 3 N–H and O–H groups in total. The van der Waals surface area contributed by atoms with E-state index in [4.69, 9.17) is 4.74 Å². The first-order valence-electron chi connectivity index (χ1n) is 9.30. The Bertz CT molecular complexity index is 910. The van der Waals surface area contributed by atoms with Crippen LogP contribution in [0.2, 0.25) is 0 Å². The van der Waals surface area contributed by atoms with Crippen LogP contribution in [0.25, 0.3) is 0 Å². The van der Waals surface area contributed by atoms with Gasteiger partial charge in [0.15, 0.2) is 6.10 Å². The van der Waals surface area contributed by atoms with Gasteiger partial charge in [-0.2, -0.15) is 0 Å². The van der Waals surface area contributed by atoms with Crippen LogP contribution in [-0.4, -0.2) is 24.0 Å². The van der Waals surface area contributed by atoms with E-state index >= 15 is 0 Å². The van der Waals surface area contributed by atoms with E-state index in [0.717, 1.165) is 24.2 Å². The fraction of sp³-hybridized carbons (Fsp3) is 0.333. The van der Waals surface area contributed by atoms with Crippen LogP contribution in [0.3, 0.4) is 0 Å². The number of hydrogen-bond donors (Lipinski definition) is 3. The van der Waals surface area contributed by atoms with Gasteiger partial charge in [0.05, 0.1) is 5.69 Å². The monoisotopic (exact) mass is 365 g/mol. The topological polar surface area (TPSA) is 79.5 Å². The van der Waals surface area contributed by atoms with Gasteiger partial charge >= 0.3 is 0 Å². The normalized spacial score (nSPS) is 18.6. The molecule has 4 rings (SSSR count). The van der Waals surface area contributed by atoms with Gasteiger partial charge in [0.2, 0.25) is 5.91 Å². The predicted octanol–water partition coefficient (Wildman–Crippen LogP) is 3.33.